The maximum absolute atomic E-state index is 4.54. The van der Waals surface area contributed by atoms with Crippen LogP contribution in [0.4, 0.5) is 0 Å². The largest absolute Gasteiger partial charge is 0.301 e. The van der Waals surface area contributed by atoms with E-state index < -0.39 is 0 Å². The van der Waals surface area contributed by atoms with Gasteiger partial charge in [0, 0.05) is 36.6 Å². The summed E-state index contributed by atoms with van der Waals surface area (Å²) in [6.45, 7) is 5.94. The van der Waals surface area contributed by atoms with Crippen LogP contribution < -0.4 is 0 Å². The molecule has 0 aliphatic carbocycles. The van der Waals surface area contributed by atoms with Crippen molar-refractivity contribution in [1.29, 1.82) is 0 Å². The molecule has 0 bridgehead atoms. The fourth-order valence-electron chi connectivity index (χ4n) is 2.50. The fraction of sp³-hybridized carbons (Fsp3) is 0.600. The van der Waals surface area contributed by atoms with Gasteiger partial charge in [0.2, 0.25) is 0 Å². The molecule has 0 N–H and O–H groups in total. The van der Waals surface area contributed by atoms with E-state index in [2.05, 4.69) is 66.5 Å². The number of thioether (sulfide) groups is 1. The van der Waals surface area contributed by atoms with E-state index in [9.17, 15) is 0 Å². The van der Waals surface area contributed by atoms with Crippen LogP contribution in [0.5, 0.6) is 0 Å². The average molecular weight is 281 g/mol. The molecule has 3 heteroatoms. The van der Waals surface area contributed by atoms with Gasteiger partial charge < -0.3 is 4.90 Å². The predicted octanol–water partition coefficient (Wildman–Crippen LogP) is 3.53. The van der Waals surface area contributed by atoms with Crippen LogP contribution in [0, 0.1) is 0 Å². The van der Waals surface area contributed by atoms with Gasteiger partial charge in [0.05, 0.1) is 0 Å². The summed E-state index contributed by atoms with van der Waals surface area (Å²) in [4.78, 5) is 2.62. The molecule has 2 atom stereocenters. The number of benzene rings is 1. The fourth-order valence-corrected chi connectivity index (χ4v) is 4.07. The predicted molar refractivity (Wildman–Crippen MR) is 86.0 cm³/mol. The number of rotatable bonds is 5. The number of hydrogen-bond acceptors (Lipinski definition) is 3. The topological polar surface area (TPSA) is 3.24 Å². The number of hydrogen-bond donors (Lipinski definition) is 1. The van der Waals surface area contributed by atoms with Crippen LogP contribution in [0.2, 0.25) is 0 Å². The Morgan fingerprint density at radius 2 is 2.17 bits per heavy atom. The molecule has 1 aliphatic heterocycles. The van der Waals surface area contributed by atoms with Crippen LogP contribution in [-0.2, 0) is 0 Å². The Bertz CT molecular complexity index is 342. The van der Waals surface area contributed by atoms with Gasteiger partial charge in [0.25, 0.3) is 0 Å². The van der Waals surface area contributed by atoms with Crippen LogP contribution in [0.15, 0.2) is 30.3 Å². The summed E-state index contributed by atoms with van der Waals surface area (Å²) >= 11 is 6.68. The van der Waals surface area contributed by atoms with Crippen molar-refractivity contribution in [2.45, 2.75) is 24.5 Å². The standard InChI is InChI=1S/C15H23NS2/c1-2-15-11-16(8-9-18-15)10-14(12-17)13-6-4-3-5-7-13/h3-7,14-15,17H,2,8-12H2,1H3. The molecular weight excluding hydrogens is 258 g/mol. The third-order valence-electron chi connectivity index (χ3n) is 3.65. The summed E-state index contributed by atoms with van der Waals surface area (Å²) < 4.78 is 0. The van der Waals surface area contributed by atoms with Crippen molar-refractivity contribution in [2.24, 2.45) is 0 Å². The van der Waals surface area contributed by atoms with E-state index in [0.29, 0.717) is 5.92 Å². The van der Waals surface area contributed by atoms with Gasteiger partial charge in [-0.25, -0.2) is 0 Å². The zero-order valence-corrected chi connectivity index (χ0v) is 12.8. The molecule has 0 aromatic heterocycles. The minimum atomic E-state index is 0.565. The normalized spacial score (nSPS) is 22.9. The van der Waals surface area contributed by atoms with Crippen molar-refractivity contribution in [3.63, 3.8) is 0 Å². The van der Waals surface area contributed by atoms with Gasteiger partial charge in [-0.05, 0) is 17.7 Å². The monoisotopic (exact) mass is 281 g/mol. The highest BCUT2D eigenvalue weighted by molar-refractivity contribution is 8.00. The average Bonchev–Trinajstić information content (AvgIpc) is 2.46. The molecule has 2 rings (SSSR count). The Labute approximate surface area is 121 Å². The highest BCUT2D eigenvalue weighted by Gasteiger charge is 2.21. The van der Waals surface area contributed by atoms with E-state index in [1.165, 1.54) is 30.8 Å². The molecule has 0 saturated carbocycles. The van der Waals surface area contributed by atoms with E-state index in [-0.39, 0.29) is 0 Å². The third kappa shape index (κ3) is 3.94. The third-order valence-corrected chi connectivity index (χ3v) is 5.46. The molecule has 0 amide bonds. The van der Waals surface area contributed by atoms with Crippen molar-refractivity contribution < 1.29 is 0 Å². The van der Waals surface area contributed by atoms with Gasteiger partial charge in [0.15, 0.2) is 0 Å². The first-order valence-corrected chi connectivity index (χ1v) is 8.51. The van der Waals surface area contributed by atoms with Gasteiger partial charge in [-0.1, -0.05) is 37.3 Å². The highest BCUT2D eigenvalue weighted by atomic mass is 32.2. The second kappa shape index (κ2) is 7.46. The molecule has 18 heavy (non-hydrogen) atoms. The maximum atomic E-state index is 4.54. The van der Waals surface area contributed by atoms with E-state index >= 15 is 0 Å². The van der Waals surface area contributed by atoms with Crippen LogP contribution in [0.3, 0.4) is 0 Å². The highest BCUT2D eigenvalue weighted by Crippen LogP contribution is 2.24. The zero-order valence-electron chi connectivity index (χ0n) is 11.1. The molecule has 0 radical (unpaired) electrons. The summed E-state index contributed by atoms with van der Waals surface area (Å²) in [5, 5.41) is 0.829. The Morgan fingerprint density at radius 1 is 1.39 bits per heavy atom. The van der Waals surface area contributed by atoms with Gasteiger partial charge in [-0.15, -0.1) is 0 Å². The summed E-state index contributed by atoms with van der Waals surface area (Å²) in [5.41, 5.74) is 1.43. The minimum absolute atomic E-state index is 0.565. The van der Waals surface area contributed by atoms with Crippen molar-refractivity contribution in [1.82, 2.24) is 4.90 Å². The molecule has 100 valence electrons. The van der Waals surface area contributed by atoms with Crippen LogP contribution in [-0.4, -0.2) is 41.3 Å². The van der Waals surface area contributed by atoms with Crippen molar-refractivity contribution in [3.8, 4) is 0 Å². The molecule has 0 spiro atoms. The van der Waals surface area contributed by atoms with Crippen LogP contribution in [0.1, 0.15) is 24.8 Å². The van der Waals surface area contributed by atoms with Gasteiger partial charge in [-0.2, -0.15) is 24.4 Å². The van der Waals surface area contributed by atoms with Crippen molar-refractivity contribution >= 4 is 24.4 Å². The summed E-state index contributed by atoms with van der Waals surface area (Å²) in [6, 6.07) is 10.8. The molecule has 2 unspecified atom stereocenters. The molecule has 1 nitrogen and oxygen atoms in total. The summed E-state index contributed by atoms with van der Waals surface area (Å²) in [6.07, 6.45) is 1.29. The Morgan fingerprint density at radius 3 is 2.83 bits per heavy atom. The molecular formula is C15H23NS2. The first-order chi connectivity index (χ1) is 8.83. The molecule has 1 aliphatic rings. The van der Waals surface area contributed by atoms with Gasteiger partial charge in [0.1, 0.15) is 0 Å². The summed E-state index contributed by atoms with van der Waals surface area (Å²) in [5.74, 6) is 2.78. The SMILES string of the molecule is CCC1CN(CC(CS)c2ccccc2)CCS1. The van der Waals surface area contributed by atoms with E-state index in [0.717, 1.165) is 17.5 Å². The minimum Gasteiger partial charge on any atom is -0.301 e. The molecule has 1 fully saturated rings. The Hall–Kier alpha value is -0.120. The molecule has 1 heterocycles. The second-order valence-corrected chi connectivity index (χ2v) is 6.72. The lowest BCUT2D eigenvalue weighted by atomic mass is 10.0. The van der Waals surface area contributed by atoms with E-state index in [1.807, 2.05) is 0 Å². The lowest BCUT2D eigenvalue weighted by Gasteiger charge is -2.34. The Kier molecular flexibility index (Phi) is 5.93. The first kappa shape index (κ1) is 14.3. The number of thiol groups is 1. The molecule has 1 saturated heterocycles. The second-order valence-electron chi connectivity index (χ2n) is 4.95. The quantitative estimate of drug-likeness (QED) is 0.823. The van der Waals surface area contributed by atoms with Crippen molar-refractivity contribution in [3.05, 3.63) is 35.9 Å². The van der Waals surface area contributed by atoms with Crippen molar-refractivity contribution in [2.75, 3.05) is 31.1 Å². The van der Waals surface area contributed by atoms with Crippen LogP contribution in [0.25, 0.3) is 0 Å². The summed E-state index contributed by atoms with van der Waals surface area (Å²) in [7, 11) is 0. The van der Waals surface area contributed by atoms with E-state index in [4.69, 9.17) is 0 Å². The van der Waals surface area contributed by atoms with Gasteiger partial charge in [-0.3, -0.25) is 0 Å². The lowest BCUT2D eigenvalue weighted by molar-refractivity contribution is 0.269. The lowest BCUT2D eigenvalue weighted by Crippen LogP contribution is -2.40. The van der Waals surface area contributed by atoms with Crippen LogP contribution >= 0.6 is 24.4 Å². The molecule has 1 aromatic rings. The first-order valence-electron chi connectivity index (χ1n) is 6.83. The number of nitrogens with zero attached hydrogens (tertiary/aromatic N) is 1. The van der Waals surface area contributed by atoms with E-state index in [1.54, 1.807) is 0 Å². The maximum Gasteiger partial charge on any atom is 0.0172 e. The Balaban J connectivity index is 1.94. The molecule has 1 aromatic carbocycles. The zero-order chi connectivity index (χ0) is 12.8. The van der Waals surface area contributed by atoms with Gasteiger partial charge >= 0.3 is 0 Å². The smallest absolute Gasteiger partial charge is 0.0172 e.